The second kappa shape index (κ2) is 6.70. The first kappa shape index (κ1) is 16.0. The lowest BCUT2D eigenvalue weighted by atomic mass is 10.2. The van der Waals surface area contributed by atoms with Gasteiger partial charge in [0, 0.05) is 0 Å². The lowest BCUT2D eigenvalue weighted by Crippen LogP contribution is -2.32. The van der Waals surface area contributed by atoms with Crippen molar-refractivity contribution in [3.63, 3.8) is 0 Å². The quantitative estimate of drug-likeness (QED) is 0.775. The van der Waals surface area contributed by atoms with E-state index in [0.717, 1.165) is 16.6 Å². The lowest BCUT2D eigenvalue weighted by molar-refractivity contribution is -0.122. The van der Waals surface area contributed by atoms with Crippen molar-refractivity contribution in [2.24, 2.45) is 0 Å². The molecule has 0 saturated carbocycles. The third-order valence-corrected chi connectivity index (χ3v) is 3.71. The molecule has 6 heteroatoms. The number of amides is 1. The molecule has 1 aromatic carbocycles. The molecule has 1 atom stereocenters. The lowest BCUT2D eigenvalue weighted by Gasteiger charge is -2.17. The fourth-order valence-corrected chi connectivity index (χ4v) is 2.41. The monoisotopic (exact) mass is 325 g/mol. The summed E-state index contributed by atoms with van der Waals surface area (Å²) in [6, 6.07) is 9.43. The Bertz CT molecular complexity index is 873. The first-order chi connectivity index (χ1) is 11.6. The van der Waals surface area contributed by atoms with Crippen molar-refractivity contribution in [3.05, 3.63) is 47.8 Å². The highest BCUT2D eigenvalue weighted by molar-refractivity contribution is 5.95. The van der Waals surface area contributed by atoms with Crippen LogP contribution in [0.3, 0.4) is 0 Å². The Morgan fingerprint density at radius 3 is 2.92 bits per heavy atom. The van der Waals surface area contributed by atoms with Crippen LogP contribution in [0.2, 0.25) is 0 Å². The summed E-state index contributed by atoms with van der Waals surface area (Å²) in [4.78, 5) is 16.6. The third kappa shape index (κ3) is 3.37. The molecule has 0 aliphatic rings. The van der Waals surface area contributed by atoms with E-state index in [2.05, 4.69) is 15.5 Å². The molecule has 0 bridgehead atoms. The Morgan fingerprint density at radius 2 is 2.17 bits per heavy atom. The van der Waals surface area contributed by atoms with Crippen molar-refractivity contribution in [1.82, 2.24) is 10.1 Å². The average molecular weight is 325 g/mol. The number of carbonyl (C=O) groups is 1. The average Bonchev–Trinajstić information content (AvgIpc) is 2.93. The van der Waals surface area contributed by atoms with Crippen LogP contribution in [0.4, 0.5) is 5.69 Å². The second-order valence-electron chi connectivity index (χ2n) is 5.67. The van der Waals surface area contributed by atoms with Crippen LogP contribution in [-0.4, -0.2) is 22.2 Å². The molecule has 3 aromatic rings. The van der Waals surface area contributed by atoms with E-state index in [9.17, 15) is 4.79 Å². The number of anilines is 1. The first-order valence-corrected chi connectivity index (χ1v) is 7.83. The summed E-state index contributed by atoms with van der Waals surface area (Å²) in [5.41, 5.74) is 2.86. The molecule has 1 N–H and O–H groups in total. The highest BCUT2D eigenvalue weighted by Gasteiger charge is 2.19. The van der Waals surface area contributed by atoms with Gasteiger partial charge in [0.25, 0.3) is 11.6 Å². The Balaban J connectivity index is 1.74. The van der Waals surface area contributed by atoms with Crippen LogP contribution in [0.1, 0.15) is 24.6 Å². The van der Waals surface area contributed by atoms with Crippen molar-refractivity contribution >= 4 is 22.7 Å². The number of carbonyl (C=O) groups excluding carboxylic acids is 1. The van der Waals surface area contributed by atoms with E-state index in [1.807, 2.05) is 45.0 Å². The van der Waals surface area contributed by atoms with Gasteiger partial charge in [-0.15, -0.1) is 0 Å². The molecule has 0 aliphatic carbocycles. The van der Waals surface area contributed by atoms with Gasteiger partial charge in [0.05, 0.1) is 23.0 Å². The number of hydrogen-bond acceptors (Lipinski definition) is 5. The van der Waals surface area contributed by atoms with Gasteiger partial charge in [-0.1, -0.05) is 24.2 Å². The molecule has 1 amide bonds. The number of ether oxygens (including phenoxy) is 1. The summed E-state index contributed by atoms with van der Waals surface area (Å²) in [6.07, 6.45) is 1.53. The fraction of sp³-hybridized carbons (Fsp3) is 0.278. The molecule has 3 rings (SSSR count). The second-order valence-corrected chi connectivity index (χ2v) is 5.67. The predicted molar refractivity (Wildman–Crippen MR) is 91.1 cm³/mol. The summed E-state index contributed by atoms with van der Waals surface area (Å²) in [6.45, 7) is 5.72. The molecular weight excluding hydrogens is 306 g/mol. The molecular formula is C18H19N3O3. The van der Waals surface area contributed by atoms with E-state index >= 15 is 0 Å². The van der Waals surface area contributed by atoms with Crippen molar-refractivity contribution < 1.29 is 14.1 Å². The van der Waals surface area contributed by atoms with Crippen LogP contribution in [-0.2, 0) is 4.79 Å². The van der Waals surface area contributed by atoms with Gasteiger partial charge in [0.1, 0.15) is 5.75 Å². The zero-order valence-electron chi connectivity index (χ0n) is 13.9. The van der Waals surface area contributed by atoms with E-state index in [1.165, 1.54) is 0 Å². The SMILES string of the molecule is CC[C@H](Oc1cccc(C)c1)C(=O)Nc1cnc2onc(C)c2c1. The minimum Gasteiger partial charge on any atom is -0.481 e. The summed E-state index contributed by atoms with van der Waals surface area (Å²) < 4.78 is 10.9. The highest BCUT2D eigenvalue weighted by Crippen LogP contribution is 2.20. The molecule has 0 unspecified atom stereocenters. The van der Waals surface area contributed by atoms with Gasteiger partial charge in [-0.25, -0.2) is 4.98 Å². The first-order valence-electron chi connectivity index (χ1n) is 7.83. The Morgan fingerprint density at radius 1 is 1.33 bits per heavy atom. The van der Waals surface area contributed by atoms with E-state index in [4.69, 9.17) is 9.26 Å². The smallest absolute Gasteiger partial charge is 0.265 e. The number of nitrogens with zero attached hydrogens (tertiary/aromatic N) is 2. The highest BCUT2D eigenvalue weighted by atomic mass is 16.5. The van der Waals surface area contributed by atoms with Gasteiger partial charge in [-0.05, 0) is 44.0 Å². The number of aryl methyl sites for hydroxylation is 2. The van der Waals surface area contributed by atoms with Gasteiger partial charge in [0.2, 0.25) is 0 Å². The van der Waals surface area contributed by atoms with Gasteiger partial charge >= 0.3 is 0 Å². The zero-order chi connectivity index (χ0) is 17.1. The van der Waals surface area contributed by atoms with Crippen LogP contribution in [0.5, 0.6) is 5.75 Å². The van der Waals surface area contributed by atoms with E-state index in [-0.39, 0.29) is 5.91 Å². The third-order valence-electron chi connectivity index (χ3n) is 3.71. The molecule has 0 fully saturated rings. The van der Waals surface area contributed by atoms with Crippen LogP contribution in [0.25, 0.3) is 11.1 Å². The molecule has 2 heterocycles. The molecule has 0 spiro atoms. The van der Waals surface area contributed by atoms with E-state index in [1.54, 1.807) is 12.3 Å². The molecule has 124 valence electrons. The zero-order valence-corrected chi connectivity index (χ0v) is 13.9. The van der Waals surface area contributed by atoms with Crippen LogP contribution >= 0.6 is 0 Å². The Kier molecular flexibility index (Phi) is 4.46. The molecule has 0 radical (unpaired) electrons. The van der Waals surface area contributed by atoms with Crippen molar-refractivity contribution in [1.29, 1.82) is 0 Å². The Labute approximate surface area is 139 Å². The molecule has 0 saturated heterocycles. The van der Waals surface area contributed by atoms with Gasteiger partial charge in [-0.2, -0.15) is 0 Å². The van der Waals surface area contributed by atoms with E-state index < -0.39 is 6.10 Å². The number of fused-ring (bicyclic) bond motifs is 1. The fourth-order valence-electron chi connectivity index (χ4n) is 2.41. The topological polar surface area (TPSA) is 77.2 Å². The maximum absolute atomic E-state index is 12.5. The van der Waals surface area contributed by atoms with Crippen molar-refractivity contribution in [2.75, 3.05) is 5.32 Å². The molecule has 6 nitrogen and oxygen atoms in total. The normalized spacial score (nSPS) is 12.1. The number of aromatic nitrogens is 2. The standard InChI is InChI=1S/C18H19N3O3/c1-4-16(23-14-7-5-6-11(2)8-14)17(22)20-13-9-15-12(3)21-24-18(15)19-10-13/h5-10,16H,4H2,1-3H3,(H,20,22)/t16-/m0/s1. The van der Waals surface area contributed by atoms with Crippen molar-refractivity contribution in [3.8, 4) is 5.75 Å². The summed E-state index contributed by atoms with van der Waals surface area (Å²) in [5, 5.41) is 7.48. The Hall–Kier alpha value is -2.89. The van der Waals surface area contributed by atoms with Gasteiger partial charge in [-0.3, -0.25) is 4.79 Å². The largest absolute Gasteiger partial charge is 0.481 e. The maximum Gasteiger partial charge on any atom is 0.265 e. The predicted octanol–water partition coefficient (Wildman–Crippen LogP) is 3.64. The number of rotatable bonds is 5. The number of benzene rings is 1. The van der Waals surface area contributed by atoms with Crippen molar-refractivity contribution in [2.45, 2.75) is 33.3 Å². The number of nitrogens with one attached hydrogen (secondary N) is 1. The van der Waals surface area contributed by atoms with Gasteiger partial charge < -0.3 is 14.6 Å². The molecule has 0 aliphatic heterocycles. The summed E-state index contributed by atoms with van der Waals surface area (Å²) in [5.74, 6) is 0.467. The van der Waals surface area contributed by atoms with Crippen LogP contribution in [0, 0.1) is 13.8 Å². The maximum atomic E-state index is 12.5. The van der Waals surface area contributed by atoms with Gasteiger partial charge in [0.15, 0.2) is 6.10 Å². The minimum atomic E-state index is -0.578. The number of hydrogen-bond donors (Lipinski definition) is 1. The number of pyridine rings is 1. The van der Waals surface area contributed by atoms with Crippen LogP contribution < -0.4 is 10.1 Å². The molecule has 24 heavy (non-hydrogen) atoms. The minimum absolute atomic E-state index is 0.214. The summed E-state index contributed by atoms with van der Waals surface area (Å²) in [7, 11) is 0. The molecule has 2 aromatic heterocycles. The van der Waals surface area contributed by atoms with E-state index in [0.29, 0.717) is 23.6 Å². The summed E-state index contributed by atoms with van der Waals surface area (Å²) >= 11 is 0. The van der Waals surface area contributed by atoms with Crippen LogP contribution in [0.15, 0.2) is 41.1 Å².